The Labute approximate surface area is 282 Å². The molecule has 0 aliphatic rings. The molecule has 2 heterocycles. The van der Waals surface area contributed by atoms with Crippen molar-refractivity contribution in [2.24, 2.45) is 0 Å². The molecule has 0 N–H and O–H groups in total. The molecule has 49 heavy (non-hydrogen) atoms. The summed E-state index contributed by atoms with van der Waals surface area (Å²) in [4.78, 5) is 15.4. The highest BCUT2D eigenvalue weighted by Crippen LogP contribution is 2.42. The second-order valence-corrected chi connectivity index (χ2v) is 12.4. The fourth-order valence-electron chi connectivity index (χ4n) is 7.09. The van der Waals surface area contributed by atoms with Gasteiger partial charge >= 0.3 is 0 Å². The smallest absolute Gasteiger partial charge is 0.164 e. The summed E-state index contributed by atoms with van der Waals surface area (Å²) in [5, 5.41) is 9.20. The van der Waals surface area contributed by atoms with E-state index in [1.54, 1.807) is 0 Å². The van der Waals surface area contributed by atoms with Gasteiger partial charge in [0.1, 0.15) is 11.2 Å². The van der Waals surface area contributed by atoms with Crippen LogP contribution in [0.1, 0.15) is 0 Å². The van der Waals surface area contributed by atoms with Crippen LogP contribution in [0.4, 0.5) is 0 Å². The molecule has 8 aromatic carbocycles. The van der Waals surface area contributed by atoms with E-state index in [4.69, 9.17) is 19.4 Å². The lowest BCUT2D eigenvalue weighted by Gasteiger charge is -2.12. The third-order valence-electron chi connectivity index (χ3n) is 9.50. The third-order valence-corrected chi connectivity index (χ3v) is 9.50. The van der Waals surface area contributed by atoms with Crippen molar-refractivity contribution in [3.63, 3.8) is 0 Å². The molecule has 10 aromatic rings. The molecule has 0 aliphatic carbocycles. The monoisotopic (exact) mass is 625 g/mol. The highest BCUT2D eigenvalue weighted by molar-refractivity contribution is 6.16. The zero-order chi connectivity index (χ0) is 32.3. The van der Waals surface area contributed by atoms with Gasteiger partial charge in [0.25, 0.3) is 0 Å². The van der Waals surface area contributed by atoms with Crippen molar-refractivity contribution in [2.45, 2.75) is 0 Å². The second-order valence-electron chi connectivity index (χ2n) is 12.4. The average molecular weight is 626 g/mol. The molecule has 0 fully saturated rings. The van der Waals surface area contributed by atoms with Gasteiger partial charge in [0.15, 0.2) is 17.5 Å². The van der Waals surface area contributed by atoms with Crippen molar-refractivity contribution in [3.8, 4) is 45.3 Å². The van der Waals surface area contributed by atoms with Crippen LogP contribution in [-0.4, -0.2) is 15.0 Å². The molecular weight excluding hydrogens is 599 g/mol. The Kier molecular flexibility index (Phi) is 6.15. The number of fused-ring (bicyclic) bond motifs is 7. The molecule has 0 atom stereocenters. The van der Waals surface area contributed by atoms with Crippen molar-refractivity contribution in [3.05, 3.63) is 164 Å². The number of hydrogen-bond donors (Lipinski definition) is 0. The fraction of sp³-hybridized carbons (Fsp3) is 0. The van der Waals surface area contributed by atoms with Crippen molar-refractivity contribution in [1.29, 1.82) is 0 Å². The highest BCUT2D eigenvalue weighted by Gasteiger charge is 2.21. The summed E-state index contributed by atoms with van der Waals surface area (Å²) in [7, 11) is 0. The van der Waals surface area contributed by atoms with E-state index in [0.29, 0.717) is 17.5 Å². The first-order chi connectivity index (χ1) is 24.3. The SMILES string of the molecule is c1ccc(-c2nc(-c3ccc4c(ccc5ccccc54)c3)nc(-c3ccc(-c4ccc5ccccc5c4)c4oc5ccccc5c34)n2)cc1. The number of nitrogens with zero attached hydrogens (tertiary/aromatic N) is 3. The van der Waals surface area contributed by atoms with E-state index in [-0.39, 0.29) is 0 Å². The Morgan fingerprint density at radius 3 is 1.82 bits per heavy atom. The van der Waals surface area contributed by atoms with Gasteiger partial charge in [0.05, 0.1) is 0 Å². The van der Waals surface area contributed by atoms with E-state index < -0.39 is 0 Å². The molecule has 4 heteroatoms. The normalized spacial score (nSPS) is 11.7. The van der Waals surface area contributed by atoms with Gasteiger partial charge in [0.2, 0.25) is 0 Å². The minimum absolute atomic E-state index is 0.601. The van der Waals surface area contributed by atoms with E-state index in [0.717, 1.165) is 55.1 Å². The van der Waals surface area contributed by atoms with E-state index in [1.165, 1.54) is 26.9 Å². The number of furan rings is 1. The van der Waals surface area contributed by atoms with Gasteiger partial charge in [-0.3, -0.25) is 0 Å². The van der Waals surface area contributed by atoms with Gasteiger partial charge in [0, 0.05) is 33.0 Å². The maximum atomic E-state index is 6.65. The zero-order valence-electron chi connectivity index (χ0n) is 26.3. The number of rotatable bonds is 4. The lowest BCUT2D eigenvalue weighted by Crippen LogP contribution is -2.00. The first kappa shape index (κ1) is 27.5. The average Bonchev–Trinajstić information content (AvgIpc) is 3.57. The van der Waals surface area contributed by atoms with Crippen LogP contribution >= 0.6 is 0 Å². The number of aromatic nitrogens is 3. The Balaban J connectivity index is 1.21. The molecule has 0 aliphatic heterocycles. The van der Waals surface area contributed by atoms with Gasteiger partial charge in [-0.25, -0.2) is 15.0 Å². The Hall–Kier alpha value is -6.65. The molecule has 0 amide bonds. The van der Waals surface area contributed by atoms with Crippen LogP contribution in [0, 0.1) is 0 Å². The Bertz CT molecular complexity index is 2890. The molecule has 2 aromatic heterocycles. The highest BCUT2D eigenvalue weighted by atomic mass is 16.3. The molecule has 228 valence electrons. The lowest BCUT2D eigenvalue weighted by molar-refractivity contribution is 0.670. The van der Waals surface area contributed by atoms with Crippen LogP contribution < -0.4 is 0 Å². The molecule has 10 rings (SSSR count). The van der Waals surface area contributed by atoms with E-state index in [1.807, 2.05) is 42.5 Å². The van der Waals surface area contributed by atoms with E-state index >= 15 is 0 Å². The first-order valence-corrected chi connectivity index (χ1v) is 16.4. The molecule has 0 saturated heterocycles. The van der Waals surface area contributed by atoms with Gasteiger partial charge in [-0.1, -0.05) is 133 Å². The predicted octanol–water partition coefficient (Wildman–Crippen LogP) is 11.9. The third kappa shape index (κ3) is 4.57. The van der Waals surface area contributed by atoms with Gasteiger partial charge in [-0.2, -0.15) is 0 Å². The number of hydrogen-bond acceptors (Lipinski definition) is 4. The van der Waals surface area contributed by atoms with Gasteiger partial charge in [-0.05, 0) is 68.2 Å². The summed E-state index contributed by atoms with van der Waals surface area (Å²) >= 11 is 0. The van der Waals surface area contributed by atoms with E-state index in [2.05, 4.69) is 121 Å². The topological polar surface area (TPSA) is 51.8 Å². The van der Waals surface area contributed by atoms with Crippen LogP contribution in [0.3, 0.4) is 0 Å². The van der Waals surface area contributed by atoms with E-state index in [9.17, 15) is 0 Å². The minimum atomic E-state index is 0.601. The second kappa shape index (κ2) is 11.0. The zero-order valence-corrected chi connectivity index (χ0v) is 26.3. The molecule has 0 spiro atoms. The summed E-state index contributed by atoms with van der Waals surface area (Å²) in [6.45, 7) is 0. The summed E-state index contributed by atoms with van der Waals surface area (Å²) in [6, 6.07) is 56.9. The molecule has 0 unspecified atom stereocenters. The fourth-order valence-corrected chi connectivity index (χ4v) is 7.09. The first-order valence-electron chi connectivity index (χ1n) is 16.4. The Morgan fingerprint density at radius 1 is 0.347 bits per heavy atom. The predicted molar refractivity (Wildman–Crippen MR) is 201 cm³/mol. The summed E-state index contributed by atoms with van der Waals surface area (Å²) in [5.41, 5.74) is 6.53. The minimum Gasteiger partial charge on any atom is -0.455 e. The van der Waals surface area contributed by atoms with Crippen molar-refractivity contribution >= 4 is 54.3 Å². The van der Waals surface area contributed by atoms with Crippen LogP contribution in [0.2, 0.25) is 0 Å². The number of para-hydroxylation sites is 1. The lowest BCUT2D eigenvalue weighted by atomic mass is 9.96. The standard InChI is InChI=1S/C45H27N3O/c1-2-12-30(13-3-1)43-46-44(34-22-23-36-32(27-34)21-19-29-11-6-7-15-35(29)36)48-45(47-43)39-25-24-37(33-20-18-28-10-4-5-14-31(28)26-33)42-41(39)38-16-8-9-17-40(38)49-42/h1-27H. The Morgan fingerprint density at radius 2 is 0.939 bits per heavy atom. The number of benzene rings is 8. The van der Waals surface area contributed by atoms with Crippen LogP contribution in [0.5, 0.6) is 0 Å². The van der Waals surface area contributed by atoms with Crippen molar-refractivity contribution in [1.82, 2.24) is 15.0 Å². The van der Waals surface area contributed by atoms with Crippen LogP contribution in [0.25, 0.3) is 99.5 Å². The maximum absolute atomic E-state index is 6.65. The molecule has 4 nitrogen and oxygen atoms in total. The maximum Gasteiger partial charge on any atom is 0.164 e. The van der Waals surface area contributed by atoms with Gasteiger partial charge in [-0.15, -0.1) is 0 Å². The quantitative estimate of drug-likeness (QED) is 0.183. The van der Waals surface area contributed by atoms with Crippen molar-refractivity contribution in [2.75, 3.05) is 0 Å². The summed E-state index contributed by atoms with van der Waals surface area (Å²) in [6.07, 6.45) is 0. The van der Waals surface area contributed by atoms with Crippen LogP contribution in [0.15, 0.2) is 168 Å². The van der Waals surface area contributed by atoms with Gasteiger partial charge < -0.3 is 4.42 Å². The summed E-state index contributed by atoms with van der Waals surface area (Å²) in [5.74, 6) is 1.85. The molecule has 0 bridgehead atoms. The summed E-state index contributed by atoms with van der Waals surface area (Å²) < 4.78 is 6.65. The van der Waals surface area contributed by atoms with Crippen LogP contribution in [-0.2, 0) is 0 Å². The largest absolute Gasteiger partial charge is 0.455 e. The van der Waals surface area contributed by atoms with Crippen molar-refractivity contribution < 1.29 is 4.42 Å². The molecular formula is C45H27N3O. The molecule has 0 saturated carbocycles. The molecule has 0 radical (unpaired) electrons.